The molecule has 2 rings (SSSR count). The summed E-state index contributed by atoms with van der Waals surface area (Å²) < 4.78 is 7.00. The molecule has 0 saturated carbocycles. The molecule has 1 amide bonds. The van der Waals surface area contributed by atoms with Gasteiger partial charge in [0, 0.05) is 0 Å². The van der Waals surface area contributed by atoms with Crippen LogP contribution in [-0.2, 0) is 4.79 Å². The van der Waals surface area contributed by atoms with Crippen molar-refractivity contribution in [2.24, 2.45) is 0 Å². The second kappa shape index (κ2) is 6.16. The van der Waals surface area contributed by atoms with E-state index in [-0.39, 0.29) is 11.9 Å². The Morgan fingerprint density at radius 2 is 2.05 bits per heavy atom. The third-order valence-electron chi connectivity index (χ3n) is 2.98. The van der Waals surface area contributed by atoms with Gasteiger partial charge in [0.2, 0.25) is 5.91 Å². The summed E-state index contributed by atoms with van der Waals surface area (Å²) in [5.74, 6) is 0.463. The molecule has 0 bridgehead atoms. The minimum absolute atomic E-state index is 0.133. The fourth-order valence-electron chi connectivity index (χ4n) is 1.66. The number of nitrogens with zero attached hydrogens (tertiary/aromatic N) is 3. The zero-order chi connectivity index (χ0) is 14.5. The van der Waals surface area contributed by atoms with Crippen LogP contribution in [0.2, 0.25) is 0 Å². The molecular formula is C13H17N5O2. The lowest BCUT2D eigenvalue weighted by Crippen LogP contribution is -2.35. The Balaban J connectivity index is 2.30. The molecule has 0 aliphatic rings. The first-order valence-corrected chi connectivity index (χ1v) is 6.17. The number of hydrogen-bond donors (Lipinski definition) is 2. The number of ether oxygens (including phenoxy) is 1. The molecule has 0 aliphatic carbocycles. The van der Waals surface area contributed by atoms with Crippen LogP contribution in [0, 0.1) is 0 Å². The van der Waals surface area contributed by atoms with Crippen molar-refractivity contribution >= 4 is 11.6 Å². The highest BCUT2D eigenvalue weighted by molar-refractivity contribution is 5.96. The average molecular weight is 275 g/mol. The Hall–Kier alpha value is -2.41. The second-order valence-corrected chi connectivity index (χ2v) is 4.25. The summed E-state index contributed by atoms with van der Waals surface area (Å²) in [5.41, 5.74) is 1.44. The number of amides is 1. The SMILES string of the molecule is CN[C@@H](C)C(=O)Nc1cc(-n2cnnc2)ccc1OC. The van der Waals surface area contributed by atoms with Crippen molar-refractivity contribution in [2.45, 2.75) is 13.0 Å². The van der Waals surface area contributed by atoms with Gasteiger partial charge in [-0.2, -0.15) is 0 Å². The highest BCUT2D eigenvalue weighted by Crippen LogP contribution is 2.27. The maximum absolute atomic E-state index is 11.9. The molecule has 7 nitrogen and oxygen atoms in total. The Bertz CT molecular complexity index is 582. The first-order chi connectivity index (χ1) is 9.65. The molecule has 0 fully saturated rings. The lowest BCUT2D eigenvalue weighted by atomic mass is 10.2. The van der Waals surface area contributed by atoms with Crippen molar-refractivity contribution in [3.63, 3.8) is 0 Å². The van der Waals surface area contributed by atoms with Gasteiger partial charge in [0.1, 0.15) is 18.4 Å². The average Bonchev–Trinajstić information content (AvgIpc) is 3.00. The molecular weight excluding hydrogens is 258 g/mol. The van der Waals surface area contributed by atoms with Gasteiger partial charge in [0.15, 0.2) is 0 Å². The second-order valence-electron chi connectivity index (χ2n) is 4.25. The standard InChI is InChI=1S/C13H17N5O2/c1-9(14-2)13(19)17-11-6-10(4-5-12(11)20-3)18-7-15-16-8-18/h4-9,14H,1-3H3,(H,17,19)/t9-/m0/s1. The largest absolute Gasteiger partial charge is 0.495 e. The lowest BCUT2D eigenvalue weighted by molar-refractivity contribution is -0.117. The van der Waals surface area contributed by atoms with E-state index in [0.29, 0.717) is 11.4 Å². The maximum atomic E-state index is 11.9. The molecule has 0 saturated heterocycles. The lowest BCUT2D eigenvalue weighted by Gasteiger charge is -2.15. The molecule has 2 aromatic rings. The molecule has 2 N–H and O–H groups in total. The minimum Gasteiger partial charge on any atom is -0.495 e. The van der Waals surface area contributed by atoms with Crippen LogP contribution in [0.3, 0.4) is 0 Å². The number of anilines is 1. The predicted molar refractivity (Wildman–Crippen MR) is 75.1 cm³/mol. The third-order valence-corrected chi connectivity index (χ3v) is 2.98. The quantitative estimate of drug-likeness (QED) is 0.844. The van der Waals surface area contributed by atoms with Crippen LogP contribution in [0.5, 0.6) is 5.75 Å². The fourth-order valence-corrected chi connectivity index (χ4v) is 1.66. The smallest absolute Gasteiger partial charge is 0.241 e. The van der Waals surface area contributed by atoms with Crippen LogP contribution >= 0.6 is 0 Å². The Morgan fingerprint density at radius 3 is 2.65 bits per heavy atom. The molecule has 106 valence electrons. The van der Waals surface area contributed by atoms with Gasteiger partial charge in [-0.05, 0) is 32.2 Å². The molecule has 7 heteroatoms. The topological polar surface area (TPSA) is 81.1 Å². The maximum Gasteiger partial charge on any atom is 0.241 e. The van der Waals surface area contributed by atoms with E-state index >= 15 is 0 Å². The van der Waals surface area contributed by atoms with E-state index in [1.165, 1.54) is 0 Å². The molecule has 0 unspecified atom stereocenters. The van der Waals surface area contributed by atoms with Crippen LogP contribution in [0.1, 0.15) is 6.92 Å². The van der Waals surface area contributed by atoms with E-state index < -0.39 is 0 Å². The van der Waals surface area contributed by atoms with E-state index in [1.807, 2.05) is 12.1 Å². The van der Waals surface area contributed by atoms with Gasteiger partial charge in [-0.3, -0.25) is 9.36 Å². The van der Waals surface area contributed by atoms with Gasteiger partial charge in [-0.1, -0.05) is 0 Å². The zero-order valence-corrected chi connectivity index (χ0v) is 11.6. The summed E-state index contributed by atoms with van der Waals surface area (Å²) in [5, 5.41) is 13.2. The van der Waals surface area contributed by atoms with Gasteiger partial charge in [-0.15, -0.1) is 10.2 Å². The predicted octanol–water partition coefficient (Wildman–Crippen LogP) is 0.822. The third kappa shape index (κ3) is 2.94. The van der Waals surface area contributed by atoms with Crippen LogP contribution in [-0.4, -0.2) is 40.9 Å². The number of hydrogen-bond acceptors (Lipinski definition) is 5. The van der Waals surface area contributed by atoms with E-state index in [0.717, 1.165) is 5.69 Å². The van der Waals surface area contributed by atoms with Crippen molar-refractivity contribution < 1.29 is 9.53 Å². The fraction of sp³-hybridized carbons (Fsp3) is 0.308. The number of rotatable bonds is 5. The highest BCUT2D eigenvalue weighted by atomic mass is 16.5. The molecule has 1 heterocycles. The Labute approximate surface area is 117 Å². The monoisotopic (exact) mass is 275 g/mol. The first-order valence-electron chi connectivity index (χ1n) is 6.17. The van der Waals surface area contributed by atoms with Crippen molar-refractivity contribution in [2.75, 3.05) is 19.5 Å². The van der Waals surface area contributed by atoms with E-state index in [9.17, 15) is 4.79 Å². The van der Waals surface area contributed by atoms with Gasteiger partial charge >= 0.3 is 0 Å². The first kappa shape index (κ1) is 14.0. The molecule has 0 radical (unpaired) electrons. The van der Waals surface area contributed by atoms with E-state index in [2.05, 4.69) is 20.8 Å². The van der Waals surface area contributed by atoms with Crippen LogP contribution in [0.25, 0.3) is 5.69 Å². The van der Waals surface area contributed by atoms with Crippen LogP contribution < -0.4 is 15.4 Å². The molecule has 0 spiro atoms. The summed E-state index contributed by atoms with van der Waals surface area (Å²) in [6.45, 7) is 1.78. The molecule has 1 atom stereocenters. The summed E-state index contributed by atoms with van der Waals surface area (Å²) >= 11 is 0. The van der Waals surface area contributed by atoms with Crippen LogP contribution in [0.4, 0.5) is 5.69 Å². The normalized spacial score (nSPS) is 11.9. The van der Waals surface area contributed by atoms with Crippen molar-refractivity contribution in [3.8, 4) is 11.4 Å². The zero-order valence-electron chi connectivity index (χ0n) is 11.6. The minimum atomic E-state index is -0.293. The van der Waals surface area contributed by atoms with Gasteiger partial charge in [-0.25, -0.2) is 0 Å². The highest BCUT2D eigenvalue weighted by Gasteiger charge is 2.13. The number of methoxy groups -OCH3 is 1. The van der Waals surface area contributed by atoms with Crippen LogP contribution in [0.15, 0.2) is 30.9 Å². The molecule has 20 heavy (non-hydrogen) atoms. The Kier molecular flexibility index (Phi) is 4.31. The number of aromatic nitrogens is 3. The molecule has 1 aromatic heterocycles. The molecule has 1 aromatic carbocycles. The van der Waals surface area contributed by atoms with Crippen molar-refractivity contribution in [1.82, 2.24) is 20.1 Å². The van der Waals surface area contributed by atoms with Crippen molar-refractivity contribution in [1.29, 1.82) is 0 Å². The molecule has 0 aliphatic heterocycles. The van der Waals surface area contributed by atoms with E-state index in [4.69, 9.17) is 4.74 Å². The number of carbonyl (C=O) groups excluding carboxylic acids is 1. The summed E-state index contributed by atoms with van der Waals surface area (Å²) in [7, 11) is 3.29. The Morgan fingerprint density at radius 1 is 1.35 bits per heavy atom. The number of likely N-dealkylation sites (N-methyl/N-ethyl adjacent to an activating group) is 1. The number of carbonyl (C=O) groups is 1. The van der Waals surface area contributed by atoms with Gasteiger partial charge in [0.25, 0.3) is 0 Å². The summed E-state index contributed by atoms with van der Waals surface area (Å²) in [4.78, 5) is 11.9. The van der Waals surface area contributed by atoms with Crippen molar-refractivity contribution in [3.05, 3.63) is 30.9 Å². The van der Waals surface area contributed by atoms with E-state index in [1.54, 1.807) is 44.4 Å². The summed E-state index contributed by atoms with van der Waals surface area (Å²) in [6, 6.07) is 5.16. The van der Waals surface area contributed by atoms with Gasteiger partial charge in [0.05, 0.1) is 24.5 Å². The number of benzene rings is 1. The van der Waals surface area contributed by atoms with Gasteiger partial charge < -0.3 is 15.4 Å². The summed E-state index contributed by atoms with van der Waals surface area (Å²) in [6.07, 6.45) is 3.17. The number of nitrogens with one attached hydrogen (secondary N) is 2.